The summed E-state index contributed by atoms with van der Waals surface area (Å²) in [6.45, 7) is 0.763. The molecule has 1 aliphatic carbocycles. The predicted molar refractivity (Wildman–Crippen MR) is 57.5 cm³/mol. The van der Waals surface area contributed by atoms with E-state index < -0.39 is 0 Å². The van der Waals surface area contributed by atoms with Crippen LogP contribution >= 0.6 is 15.9 Å². The van der Waals surface area contributed by atoms with Crippen LogP contribution in [0.3, 0.4) is 0 Å². The van der Waals surface area contributed by atoms with Crippen molar-refractivity contribution in [1.82, 2.24) is 9.97 Å². The Balaban J connectivity index is 2.04. The highest BCUT2D eigenvalue weighted by Gasteiger charge is 2.22. The fourth-order valence-corrected chi connectivity index (χ4v) is 1.36. The Morgan fingerprint density at radius 1 is 1.64 bits per heavy atom. The molecule has 4 nitrogen and oxygen atoms in total. The van der Waals surface area contributed by atoms with Crippen LogP contribution in [0.4, 0.5) is 5.95 Å². The van der Waals surface area contributed by atoms with E-state index in [1.165, 1.54) is 12.8 Å². The highest BCUT2D eigenvalue weighted by atomic mass is 79.9. The zero-order chi connectivity index (χ0) is 9.97. The lowest BCUT2D eigenvalue weighted by molar-refractivity contribution is 0.286. The number of ether oxygens (including phenoxy) is 1. The summed E-state index contributed by atoms with van der Waals surface area (Å²) in [5.74, 6) is 1.94. The van der Waals surface area contributed by atoms with Crippen LogP contribution in [0.1, 0.15) is 12.8 Å². The maximum Gasteiger partial charge on any atom is 0.232 e. The normalized spacial score (nSPS) is 15.3. The van der Waals surface area contributed by atoms with Crippen LogP contribution in [0.15, 0.2) is 10.7 Å². The van der Waals surface area contributed by atoms with Gasteiger partial charge in [-0.25, -0.2) is 4.98 Å². The molecule has 1 aromatic heterocycles. The summed E-state index contributed by atoms with van der Waals surface area (Å²) in [5, 5.41) is 2.87. The third-order valence-corrected chi connectivity index (χ3v) is 2.63. The Bertz CT molecular complexity index is 328. The maximum absolute atomic E-state index is 5.57. The molecule has 1 aromatic rings. The minimum absolute atomic E-state index is 0.582. The first-order chi connectivity index (χ1) is 6.79. The molecule has 0 spiro atoms. The van der Waals surface area contributed by atoms with Gasteiger partial charge in [-0.15, -0.1) is 0 Å². The third kappa shape index (κ3) is 2.35. The third-order valence-electron chi connectivity index (χ3n) is 2.09. The van der Waals surface area contributed by atoms with E-state index in [1.807, 2.05) is 0 Å². The lowest BCUT2D eigenvalue weighted by atomic mass is 10.5. The first-order valence-corrected chi connectivity index (χ1v) is 5.42. The number of aromatic nitrogens is 2. The minimum atomic E-state index is 0.582. The smallest absolute Gasteiger partial charge is 0.232 e. The molecule has 1 aliphatic rings. The van der Waals surface area contributed by atoms with Gasteiger partial charge in [0.2, 0.25) is 11.8 Å². The topological polar surface area (TPSA) is 47.0 Å². The molecule has 0 unspecified atom stereocenters. The van der Waals surface area contributed by atoms with Gasteiger partial charge in [-0.05, 0) is 34.7 Å². The lowest BCUT2D eigenvalue weighted by Crippen LogP contribution is -2.04. The second-order valence-electron chi connectivity index (χ2n) is 3.35. The standard InChI is InChI=1S/C9H12BrN3O/c1-11-9-12-4-7(10)8(13-9)14-5-6-2-3-6/h4,6H,2-3,5H2,1H3,(H,11,12,13). The first kappa shape index (κ1) is 9.71. The number of hydrogen-bond donors (Lipinski definition) is 1. The summed E-state index contributed by atoms with van der Waals surface area (Å²) in [7, 11) is 1.79. The van der Waals surface area contributed by atoms with E-state index in [9.17, 15) is 0 Å². The molecule has 1 heterocycles. The van der Waals surface area contributed by atoms with Crippen LogP contribution in [0.2, 0.25) is 0 Å². The molecular formula is C9H12BrN3O. The van der Waals surface area contributed by atoms with E-state index in [2.05, 4.69) is 31.2 Å². The molecule has 76 valence electrons. The number of halogens is 1. The summed E-state index contributed by atoms with van der Waals surface area (Å²) in [6.07, 6.45) is 4.25. The van der Waals surface area contributed by atoms with Crippen molar-refractivity contribution in [3.8, 4) is 5.88 Å². The van der Waals surface area contributed by atoms with Crippen molar-refractivity contribution >= 4 is 21.9 Å². The lowest BCUT2D eigenvalue weighted by Gasteiger charge is -2.07. The molecule has 2 rings (SSSR count). The minimum Gasteiger partial charge on any atom is -0.476 e. The number of rotatable bonds is 4. The molecule has 0 radical (unpaired) electrons. The molecule has 0 amide bonds. The van der Waals surface area contributed by atoms with Crippen LogP contribution in [0.25, 0.3) is 0 Å². The van der Waals surface area contributed by atoms with Gasteiger partial charge in [-0.3, -0.25) is 0 Å². The quantitative estimate of drug-likeness (QED) is 0.898. The second-order valence-corrected chi connectivity index (χ2v) is 4.21. The Morgan fingerprint density at radius 3 is 3.07 bits per heavy atom. The Labute approximate surface area is 91.2 Å². The predicted octanol–water partition coefficient (Wildman–Crippen LogP) is 2.07. The Morgan fingerprint density at radius 2 is 2.43 bits per heavy atom. The van der Waals surface area contributed by atoms with Crippen molar-refractivity contribution in [1.29, 1.82) is 0 Å². The van der Waals surface area contributed by atoms with Crippen molar-refractivity contribution in [2.45, 2.75) is 12.8 Å². The molecule has 0 saturated heterocycles. The van der Waals surface area contributed by atoms with Gasteiger partial charge in [0.1, 0.15) is 0 Å². The molecule has 0 atom stereocenters. The van der Waals surface area contributed by atoms with Crippen molar-refractivity contribution in [3.05, 3.63) is 10.7 Å². The van der Waals surface area contributed by atoms with Gasteiger partial charge in [-0.1, -0.05) is 0 Å². The first-order valence-electron chi connectivity index (χ1n) is 4.62. The average molecular weight is 258 g/mol. The molecule has 14 heavy (non-hydrogen) atoms. The largest absolute Gasteiger partial charge is 0.476 e. The van der Waals surface area contributed by atoms with Crippen LogP contribution in [0, 0.1) is 5.92 Å². The summed E-state index contributed by atoms with van der Waals surface area (Å²) in [5.41, 5.74) is 0. The molecule has 1 N–H and O–H groups in total. The summed E-state index contributed by atoms with van der Waals surface area (Å²) in [4.78, 5) is 8.25. The zero-order valence-electron chi connectivity index (χ0n) is 7.96. The van der Waals surface area contributed by atoms with E-state index >= 15 is 0 Å². The molecular weight excluding hydrogens is 246 g/mol. The Kier molecular flexibility index (Phi) is 2.86. The fourth-order valence-electron chi connectivity index (χ4n) is 1.05. The van der Waals surface area contributed by atoms with Gasteiger partial charge in [0, 0.05) is 7.05 Å². The second kappa shape index (κ2) is 4.13. The maximum atomic E-state index is 5.57. The van der Waals surface area contributed by atoms with E-state index in [0.29, 0.717) is 11.8 Å². The van der Waals surface area contributed by atoms with E-state index in [1.54, 1.807) is 13.2 Å². The molecule has 5 heteroatoms. The monoisotopic (exact) mass is 257 g/mol. The Hall–Kier alpha value is -0.840. The van der Waals surface area contributed by atoms with E-state index in [0.717, 1.165) is 17.0 Å². The van der Waals surface area contributed by atoms with Crippen molar-refractivity contribution in [2.75, 3.05) is 19.0 Å². The number of nitrogens with one attached hydrogen (secondary N) is 1. The number of anilines is 1. The highest BCUT2D eigenvalue weighted by Crippen LogP contribution is 2.30. The number of hydrogen-bond acceptors (Lipinski definition) is 4. The van der Waals surface area contributed by atoms with Gasteiger partial charge in [0.15, 0.2) is 0 Å². The average Bonchev–Trinajstić information content (AvgIpc) is 3.00. The van der Waals surface area contributed by atoms with Gasteiger partial charge in [0.25, 0.3) is 0 Å². The van der Waals surface area contributed by atoms with E-state index in [4.69, 9.17) is 4.74 Å². The SMILES string of the molecule is CNc1ncc(Br)c(OCC2CC2)n1. The van der Waals surface area contributed by atoms with Crippen LogP contribution < -0.4 is 10.1 Å². The molecule has 0 aromatic carbocycles. The molecule has 1 saturated carbocycles. The highest BCUT2D eigenvalue weighted by molar-refractivity contribution is 9.10. The molecule has 0 aliphatic heterocycles. The summed E-state index contributed by atoms with van der Waals surface area (Å²) in [6, 6.07) is 0. The summed E-state index contributed by atoms with van der Waals surface area (Å²) < 4.78 is 6.37. The van der Waals surface area contributed by atoms with Gasteiger partial charge in [-0.2, -0.15) is 4.98 Å². The fraction of sp³-hybridized carbons (Fsp3) is 0.556. The van der Waals surface area contributed by atoms with Crippen molar-refractivity contribution in [3.63, 3.8) is 0 Å². The van der Waals surface area contributed by atoms with Crippen LogP contribution in [-0.2, 0) is 0 Å². The van der Waals surface area contributed by atoms with Crippen molar-refractivity contribution < 1.29 is 4.74 Å². The van der Waals surface area contributed by atoms with E-state index in [-0.39, 0.29) is 0 Å². The number of nitrogens with zero attached hydrogens (tertiary/aromatic N) is 2. The van der Waals surface area contributed by atoms with Crippen LogP contribution in [-0.4, -0.2) is 23.6 Å². The van der Waals surface area contributed by atoms with Gasteiger partial charge < -0.3 is 10.1 Å². The zero-order valence-corrected chi connectivity index (χ0v) is 9.54. The molecule has 0 bridgehead atoms. The summed E-state index contributed by atoms with van der Waals surface area (Å²) >= 11 is 3.35. The molecule has 1 fully saturated rings. The van der Waals surface area contributed by atoms with Crippen LogP contribution in [0.5, 0.6) is 5.88 Å². The van der Waals surface area contributed by atoms with Gasteiger partial charge >= 0.3 is 0 Å². The van der Waals surface area contributed by atoms with Crippen molar-refractivity contribution in [2.24, 2.45) is 5.92 Å². The van der Waals surface area contributed by atoms with Gasteiger partial charge in [0.05, 0.1) is 17.3 Å².